The summed E-state index contributed by atoms with van der Waals surface area (Å²) in [7, 11) is -2.86. The van der Waals surface area contributed by atoms with E-state index in [1.165, 1.54) is 56.0 Å². The number of hydrogen-bond donors (Lipinski definition) is 2. The molecule has 1 unspecified atom stereocenters. The van der Waals surface area contributed by atoms with Crippen LogP contribution in [0, 0.1) is 41.5 Å². The molecular weight excluding hydrogens is 1460 g/mol. The van der Waals surface area contributed by atoms with Gasteiger partial charge in [0.05, 0.1) is 9.75 Å². The van der Waals surface area contributed by atoms with Crippen LogP contribution < -0.4 is 0 Å². The Morgan fingerprint density at radius 1 is 0.404 bits per heavy atom. The van der Waals surface area contributed by atoms with Crippen LogP contribution in [0.3, 0.4) is 0 Å². The van der Waals surface area contributed by atoms with Crippen molar-refractivity contribution in [3.63, 3.8) is 0 Å². The Labute approximate surface area is 575 Å². The van der Waals surface area contributed by atoms with Gasteiger partial charge in [0.25, 0.3) is 11.4 Å². The molecule has 6 aromatic carbocycles. The summed E-state index contributed by atoms with van der Waals surface area (Å²) in [4.78, 5) is 11.4. The average molecular weight is 1520 g/mol. The summed E-state index contributed by atoms with van der Waals surface area (Å²) in [6.45, 7) is 14.5. The second-order valence-electron chi connectivity index (χ2n) is 22.1. The third kappa shape index (κ3) is 18.6. The van der Waals surface area contributed by atoms with Crippen molar-refractivity contribution >= 4 is 117 Å². The molecule has 0 saturated carbocycles. The Morgan fingerprint density at radius 3 is 0.936 bits per heavy atom. The maximum absolute atomic E-state index is 13.5. The molecule has 0 aliphatic rings. The van der Waals surface area contributed by atoms with Crippen LogP contribution in [0.15, 0.2) is 127 Å². The van der Waals surface area contributed by atoms with E-state index in [-0.39, 0.29) is 39.0 Å². The summed E-state index contributed by atoms with van der Waals surface area (Å²) in [5.74, 6) is -5.77. The summed E-state index contributed by atoms with van der Waals surface area (Å²) in [5, 5.41) is 22.6. The number of halogens is 21. The molecule has 3 heterocycles. The van der Waals surface area contributed by atoms with Crippen molar-refractivity contribution in [3.8, 4) is 64.7 Å². The van der Waals surface area contributed by atoms with Gasteiger partial charge in [0.2, 0.25) is 0 Å². The van der Waals surface area contributed by atoms with Crippen LogP contribution in [0.1, 0.15) is 66.3 Å². The Balaban J connectivity index is 0.000000240. The van der Waals surface area contributed by atoms with Crippen LogP contribution in [0.5, 0.6) is 0 Å². The number of alkyl halides is 15. The zero-order chi connectivity index (χ0) is 70.2. The van der Waals surface area contributed by atoms with E-state index in [4.69, 9.17) is 69.6 Å². The summed E-state index contributed by atoms with van der Waals surface area (Å²) in [5.41, 5.74) is 4.46. The first-order valence-electron chi connectivity index (χ1n) is 26.9. The predicted octanol–water partition coefficient (Wildman–Crippen LogP) is 26.7. The largest absolute Gasteiger partial charge is 0.455 e. The first kappa shape index (κ1) is 79.6. The predicted molar refractivity (Wildman–Crippen MR) is 358 cm³/mol. The lowest BCUT2D eigenvalue weighted by atomic mass is 9.94. The number of benzene rings is 6. The molecule has 2 N–H and O–H groups in total. The average Bonchev–Trinajstić information content (AvgIpc) is 1.50. The molecule has 0 saturated heterocycles. The molecule has 0 aliphatic heterocycles. The second kappa shape index (κ2) is 30.4. The Hall–Kier alpha value is -5.08. The number of carbonyl (C=O) groups excluding carboxylic acids is 1. The number of hydrogen-bond acceptors (Lipinski definition) is 6. The molecule has 0 spiro atoms. The second-order valence-corrected chi connectivity index (χ2v) is 33.0. The van der Waals surface area contributed by atoms with Gasteiger partial charge in [0.15, 0.2) is 14.2 Å². The highest BCUT2D eigenvalue weighted by atomic mass is 35.5. The van der Waals surface area contributed by atoms with Crippen LogP contribution >= 0.6 is 104 Å². The SMILES string of the molecule is C.C[Si](C)(C)C(F)(F)F.Cc1cc(Cl)ccc1-c1cc(C(=O)C(F)(F)F)sc1-c1ccc(Cl)cc1C.Cc1cc(Cl)ccc1-c1cc(C(O)(C(F)(F)F)C(F)(F)F)sc1-c1ccc(Cl)cc1C.Cc1cc(Cl)ccc1-c1cc(C(O)C(F)(F)F)sc1-c1ccc(Cl)cc1C. The smallest absolute Gasteiger partial charge is 0.379 e. The van der Waals surface area contributed by atoms with Gasteiger partial charge in [-0.2, -0.15) is 65.9 Å². The van der Waals surface area contributed by atoms with E-state index in [0.29, 0.717) is 73.3 Å². The zero-order valence-electron chi connectivity index (χ0n) is 49.7. The van der Waals surface area contributed by atoms with E-state index in [1.54, 1.807) is 98.8 Å². The van der Waals surface area contributed by atoms with Crippen molar-refractivity contribution in [3.05, 3.63) is 206 Å². The van der Waals surface area contributed by atoms with Crippen molar-refractivity contribution in [1.82, 2.24) is 0 Å². The van der Waals surface area contributed by atoms with Gasteiger partial charge in [-0.25, -0.2) is 0 Å². The topological polar surface area (TPSA) is 57.5 Å². The van der Waals surface area contributed by atoms with Crippen LogP contribution in [0.2, 0.25) is 49.8 Å². The van der Waals surface area contributed by atoms with Gasteiger partial charge >= 0.3 is 30.5 Å². The first-order chi connectivity index (χ1) is 42.6. The van der Waals surface area contributed by atoms with Crippen LogP contribution in [-0.2, 0) is 5.60 Å². The monoisotopic (exact) mass is 1510 g/mol. The van der Waals surface area contributed by atoms with E-state index in [2.05, 4.69) is 0 Å². The molecule has 0 radical (unpaired) electrons. The van der Waals surface area contributed by atoms with E-state index < -0.39 is 60.9 Å². The van der Waals surface area contributed by atoms with Crippen LogP contribution in [-0.4, -0.2) is 54.6 Å². The van der Waals surface area contributed by atoms with Crippen molar-refractivity contribution < 1.29 is 80.9 Å². The molecule has 9 aromatic rings. The van der Waals surface area contributed by atoms with Crippen molar-refractivity contribution in [2.45, 2.75) is 111 Å². The van der Waals surface area contributed by atoms with Crippen molar-refractivity contribution in [2.24, 2.45) is 0 Å². The summed E-state index contributed by atoms with van der Waals surface area (Å²) in [6.07, 6.45) is -24.1. The fourth-order valence-corrected chi connectivity index (χ4v) is 14.2. The van der Waals surface area contributed by atoms with Gasteiger partial charge in [0.1, 0.15) is 0 Å². The minimum Gasteiger partial charge on any atom is -0.379 e. The van der Waals surface area contributed by atoms with E-state index in [9.17, 15) is 80.9 Å². The van der Waals surface area contributed by atoms with Gasteiger partial charge in [-0.1, -0.05) is 133 Å². The summed E-state index contributed by atoms with van der Waals surface area (Å²) >= 11 is 37.9. The molecule has 0 aliphatic carbocycles. The highest BCUT2D eigenvalue weighted by Gasteiger charge is 2.72. The zero-order valence-corrected chi connectivity index (χ0v) is 57.7. The van der Waals surface area contributed by atoms with Crippen LogP contribution in [0.25, 0.3) is 64.7 Å². The number of aliphatic hydroxyl groups excluding tert-OH is 1. The Kier molecular flexibility index (Phi) is 25.7. The standard InChI is InChI=1S/C21H14Cl2F6OS.C20H15Cl2F3OS.C20H13Cl2F3OS.C4H9F3Si.CH4/c1-10-7-12(22)3-5-14(10)16-9-17(19(30,20(24,25)26)21(27,28)29)31-18(16)15-6-4-13(23)8-11(15)2;2*1-10-7-12(21)3-5-14(10)16-9-17(19(26)20(23,24)25)27-18(16)15-6-4-13(22)8-11(15)2;1-8(2,3)4(5,6)7;/h3-9,30H,1-2H3;3-9,19,26H,1-2H3;3-9H,1-2H3;1-3H3;1H4. The number of rotatable bonds is 9. The van der Waals surface area contributed by atoms with Gasteiger partial charge in [-0.05, 0) is 199 Å². The van der Waals surface area contributed by atoms with E-state index >= 15 is 0 Å². The number of Topliss-reactive ketones (excluding diaryl/α,β-unsaturated/α-hetero) is 1. The number of aryl methyl sites for hydroxylation is 6. The molecule has 9 rings (SSSR count). The normalized spacial score (nSPS) is 12.6. The minimum absolute atomic E-state index is 0. The van der Waals surface area contributed by atoms with Crippen molar-refractivity contribution in [1.29, 1.82) is 0 Å². The Bertz CT molecular complexity index is 3970. The van der Waals surface area contributed by atoms with Crippen LogP contribution in [0.4, 0.5) is 65.9 Å². The summed E-state index contributed by atoms with van der Waals surface area (Å²) < 4.78 is 194. The highest BCUT2D eigenvalue weighted by molar-refractivity contribution is 7.18. The molecule has 28 heteroatoms. The minimum atomic E-state index is -5.98. The number of aliphatic hydroxyl groups is 2. The third-order valence-corrected chi connectivity index (χ3v) is 20.8. The van der Waals surface area contributed by atoms with Gasteiger partial charge in [-0.15, -0.1) is 34.0 Å². The number of carbonyl (C=O) groups is 1. The fraction of sp³-hybridized carbons (Fsp3) is 0.258. The molecule has 0 fully saturated rings. The van der Waals surface area contributed by atoms with Crippen molar-refractivity contribution in [2.75, 3.05) is 0 Å². The third-order valence-electron chi connectivity index (χ3n) is 14.0. The highest BCUT2D eigenvalue weighted by Crippen LogP contribution is 2.56. The number of ketones is 1. The molecule has 94 heavy (non-hydrogen) atoms. The molecule has 0 bridgehead atoms. The van der Waals surface area contributed by atoms with E-state index in [0.717, 1.165) is 73.2 Å². The van der Waals surface area contributed by atoms with E-state index in [1.807, 2.05) is 27.7 Å². The quantitative estimate of drug-likeness (QED) is 0.0860. The lowest BCUT2D eigenvalue weighted by Gasteiger charge is -2.31. The molecule has 506 valence electrons. The molecular formula is C66H55Cl6F15O3S3Si. The van der Waals surface area contributed by atoms with Gasteiger partial charge in [0, 0.05) is 66.3 Å². The lowest BCUT2D eigenvalue weighted by Crippen LogP contribution is -2.53. The number of thiophene rings is 3. The molecule has 0 amide bonds. The maximum Gasteiger partial charge on any atom is 0.455 e. The summed E-state index contributed by atoms with van der Waals surface area (Å²) in [6, 6.07) is 33.3. The Morgan fingerprint density at radius 2 is 0.670 bits per heavy atom. The molecule has 3 nitrogen and oxygen atoms in total. The molecule has 1 atom stereocenters. The fourth-order valence-electron chi connectivity index (χ4n) is 8.99. The maximum atomic E-state index is 13.5. The lowest BCUT2D eigenvalue weighted by molar-refractivity contribution is -0.374. The van der Waals surface area contributed by atoms with Gasteiger partial charge < -0.3 is 10.2 Å². The van der Waals surface area contributed by atoms with Gasteiger partial charge in [-0.3, -0.25) is 4.79 Å². The first-order valence-corrected chi connectivity index (χ1v) is 35.1. The molecule has 3 aromatic heterocycles.